The van der Waals surface area contributed by atoms with Gasteiger partial charge in [-0.05, 0) is 6.42 Å². The first-order valence-electron chi connectivity index (χ1n) is 14.0. The van der Waals surface area contributed by atoms with Crippen LogP contribution >= 0.6 is 0 Å². The minimum absolute atomic E-state index is 0.146. The van der Waals surface area contributed by atoms with Crippen LogP contribution in [0.3, 0.4) is 0 Å². The molecule has 0 bridgehead atoms. The molecule has 0 aromatic rings. The van der Waals surface area contributed by atoms with Crippen LogP contribution in [0.5, 0.6) is 0 Å². The van der Waals surface area contributed by atoms with Gasteiger partial charge in [0.05, 0.1) is 106 Å². The lowest BCUT2D eigenvalue weighted by Gasteiger charge is -2.08. The molecule has 0 aliphatic heterocycles. The van der Waals surface area contributed by atoms with Gasteiger partial charge < -0.3 is 42.6 Å². The second-order valence-electron chi connectivity index (χ2n) is 8.35. The van der Waals surface area contributed by atoms with Crippen LogP contribution in [0.2, 0.25) is 0 Å². The minimum Gasteiger partial charge on any atom is -0.469 e. The van der Waals surface area contributed by atoms with Crippen molar-refractivity contribution in [3.8, 4) is 0 Å². The van der Waals surface area contributed by atoms with Crippen molar-refractivity contribution in [2.45, 2.75) is 58.3 Å². The molecule has 0 fully saturated rings. The van der Waals surface area contributed by atoms with E-state index in [0.717, 1.165) is 12.8 Å². The average Bonchev–Trinajstić information content (AvgIpc) is 2.92. The zero-order valence-corrected chi connectivity index (χ0v) is 23.8. The third-order valence-corrected chi connectivity index (χ3v) is 5.14. The van der Waals surface area contributed by atoms with Crippen LogP contribution in [-0.4, -0.2) is 118 Å². The third kappa shape index (κ3) is 30.9. The summed E-state index contributed by atoms with van der Waals surface area (Å²) in [7, 11) is 1.35. The Morgan fingerprint density at radius 1 is 0.421 bits per heavy atom. The highest BCUT2D eigenvalue weighted by atomic mass is 16.6. The SMILES string of the molecule is CCCCCCCCC(=O)OCCOCCOCCOCCOCCOCCOCCOCCC(=O)OC. The van der Waals surface area contributed by atoms with Crippen LogP contribution < -0.4 is 0 Å². The van der Waals surface area contributed by atoms with Crippen molar-refractivity contribution < 1.29 is 52.2 Å². The van der Waals surface area contributed by atoms with E-state index in [-0.39, 0.29) is 25.0 Å². The molecular formula is C27H52O11. The van der Waals surface area contributed by atoms with Gasteiger partial charge in [-0.1, -0.05) is 39.0 Å². The molecule has 0 spiro atoms. The Kier molecular flexibility index (Phi) is 30.8. The average molecular weight is 553 g/mol. The highest BCUT2D eigenvalue weighted by molar-refractivity contribution is 5.69. The lowest BCUT2D eigenvalue weighted by Crippen LogP contribution is -2.15. The number of ether oxygens (including phenoxy) is 9. The van der Waals surface area contributed by atoms with E-state index in [1.807, 2.05) is 0 Å². The fourth-order valence-electron chi connectivity index (χ4n) is 3.02. The number of carbonyl (C=O) groups is 2. The first kappa shape index (κ1) is 36.7. The van der Waals surface area contributed by atoms with Gasteiger partial charge >= 0.3 is 11.9 Å². The summed E-state index contributed by atoms with van der Waals surface area (Å²) in [6, 6.07) is 0. The van der Waals surface area contributed by atoms with Gasteiger partial charge in [-0.2, -0.15) is 0 Å². The maximum atomic E-state index is 11.6. The van der Waals surface area contributed by atoms with Gasteiger partial charge in [0, 0.05) is 6.42 Å². The lowest BCUT2D eigenvalue weighted by molar-refractivity contribution is -0.145. The van der Waals surface area contributed by atoms with E-state index in [9.17, 15) is 9.59 Å². The maximum absolute atomic E-state index is 11.6. The van der Waals surface area contributed by atoms with Crippen molar-refractivity contribution in [2.24, 2.45) is 0 Å². The fourth-order valence-corrected chi connectivity index (χ4v) is 3.02. The quantitative estimate of drug-likeness (QED) is 0.0933. The molecule has 0 aliphatic carbocycles. The minimum atomic E-state index is -0.286. The number of carbonyl (C=O) groups excluding carboxylic acids is 2. The fraction of sp³-hybridized carbons (Fsp3) is 0.926. The smallest absolute Gasteiger partial charge is 0.307 e. The Bertz CT molecular complexity index is 505. The van der Waals surface area contributed by atoms with Crippen LogP contribution in [0.15, 0.2) is 0 Å². The molecule has 0 N–H and O–H groups in total. The van der Waals surface area contributed by atoms with Crippen molar-refractivity contribution in [1.29, 1.82) is 0 Å². The zero-order valence-electron chi connectivity index (χ0n) is 23.8. The van der Waals surface area contributed by atoms with E-state index in [1.54, 1.807) is 0 Å². The normalized spacial score (nSPS) is 11.1. The highest BCUT2D eigenvalue weighted by Gasteiger charge is 2.03. The summed E-state index contributed by atoms with van der Waals surface area (Å²) in [5.74, 6) is -0.432. The number of hydrogen-bond acceptors (Lipinski definition) is 11. The number of unbranched alkanes of at least 4 members (excludes halogenated alkanes) is 5. The summed E-state index contributed by atoms with van der Waals surface area (Å²) in [6.07, 6.45) is 7.66. The second kappa shape index (κ2) is 31.9. The number of rotatable bonds is 31. The van der Waals surface area contributed by atoms with Gasteiger partial charge in [0.1, 0.15) is 6.61 Å². The van der Waals surface area contributed by atoms with Crippen molar-refractivity contribution in [3.05, 3.63) is 0 Å². The Balaban J connectivity index is 3.11. The molecule has 0 unspecified atom stereocenters. The van der Waals surface area contributed by atoms with E-state index in [1.165, 1.54) is 32.8 Å². The lowest BCUT2D eigenvalue weighted by atomic mass is 10.1. The third-order valence-electron chi connectivity index (χ3n) is 5.14. The van der Waals surface area contributed by atoms with Crippen molar-refractivity contribution in [2.75, 3.05) is 106 Å². The molecule has 0 radical (unpaired) electrons. The number of esters is 2. The first-order valence-corrected chi connectivity index (χ1v) is 14.0. The van der Waals surface area contributed by atoms with Gasteiger partial charge in [-0.3, -0.25) is 9.59 Å². The summed E-state index contributed by atoms with van der Waals surface area (Å²) in [4.78, 5) is 22.5. The molecule has 38 heavy (non-hydrogen) atoms. The molecule has 226 valence electrons. The molecule has 0 aromatic heterocycles. The Labute approximate surface area is 229 Å². The van der Waals surface area contributed by atoms with Gasteiger partial charge in [0.25, 0.3) is 0 Å². The van der Waals surface area contributed by atoms with Crippen LogP contribution in [0.1, 0.15) is 58.3 Å². The first-order chi connectivity index (χ1) is 18.7. The standard InChI is InChI=1S/C27H52O11/c1-3-4-5-6-7-8-9-27(29)38-25-24-37-23-22-36-21-20-35-19-18-34-17-16-33-15-14-32-13-12-31-11-10-26(28)30-2/h3-25H2,1-2H3. The van der Waals surface area contributed by atoms with Gasteiger partial charge in [-0.25, -0.2) is 0 Å². The molecule has 0 aliphatic rings. The predicted octanol–water partition coefficient (Wildman–Crippen LogP) is 2.96. The zero-order chi connectivity index (χ0) is 27.8. The summed E-state index contributed by atoms with van der Waals surface area (Å²) in [6.45, 7) is 8.86. The molecular weight excluding hydrogens is 500 g/mol. The van der Waals surface area contributed by atoms with Crippen molar-refractivity contribution in [3.63, 3.8) is 0 Å². The summed E-state index contributed by atoms with van der Waals surface area (Å²) < 4.78 is 47.4. The highest BCUT2D eigenvalue weighted by Crippen LogP contribution is 2.07. The largest absolute Gasteiger partial charge is 0.469 e. The van der Waals surface area contributed by atoms with E-state index in [2.05, 4.69) is 11.7 Å². The molecule has 0 rings (SSSR count). The molecule has 0 saturated heterocycles. The number of methoxy groups -OCH3 is 1. The summed E-state index contributed by atoms with van der Waals surface area (Å²) in [5.41, 5.74) is 0. The van der Waals surface area contributed by atoms with Gasteiger partial charge in [0.15, 0.2) is 0 Å². The van der Waals surface area contributed by atoms with Crippen LogP contribution in [0, 0.1) is 0 Å². The second-order valence-corrected chi connectivity index (χ2v) is 8.35. The van der Waals surface area contributed by atoms with E-state index < -0.39 is 0 Å². The van der Waals surface area contributed by atoms with E-state index in [0.29, 0.717) is 98.9 Å². The summed E-state index contributed by atoms with van der Waals surface area (Å²) in [5, 5.41) is 0. The van der Waals surface area contributed by atoms with E-state index >= 15 is 0 Å². The molecule has 0 amide bonds. The molecule has 0 heterocycles. The molecule has 0 atom stereocenters. The molecule has 0 saturated carbocycles. The van der Waals surface area contributed by atoms with E-state index in [4.69, 9.17) is 37.9 Å². The van der Waals surface area contributed by atoms with Crippen molar-refractivity contribution in [1.82, 2.24) is 0 Å². The number of hydrogen-bond donors (Lipinski definition) is 0. The topological polar surface area (TPSA) is 117 Å². The predicted molar refractivity (Wildman–Crippen MR) is 141 cm³/mol. The maximum Gasteiger partial charge on any atom is 0.307 e. The Morgan fingerprint density at radius 3 is 1.21 bits per heavy atom. The Morgan fingerprint density at radius 2 is 0.789 bits per heavy atom. The molecule has 11 nitrogen and oxygen atoms in total. The van der Waals surface area contributed by atoms with Crippen molar-refractivity contribution >= 4 is 11.9 Å². The van der Waals surface area contributed by atoms with Crippen LogP contribution in [-0.2, 0) is 52.2 Å². The van der Waals surface area contributed by atoms with Gasteiger partial charge in [-0.15, -0.1) is 0 Å². The Hall–Kier alpha value is -1.34. The van der Waals surface area contributed by atoms with Crippen LogP contribution in [0.4, 0.5) is 0 Å². The van der Waals surface area contributed by atoms with Crippen LogP contribution in [0.25, 0.3) is 0 Å². The molecule has 0 aromatic carbocycles. The summed E-state index contributed by atoms with van der Waals surface area (Å²) >= 11 is 0. The monoisotopic (exact) mass is 552 g/mol. The molecule has 11 heteroatoms. The van der Waals surface area contributed by atoms with Gasteiger partial charge in [0.2, 0.25) is 0 Å².